The Morgan fingerprint density at radius 1 is 1.21 bits per heavy atom. The fourth-order valence-corrected chi connectivity index (χ4v) is 5.12. The number of anilines is 2. The molecule has 1 aromatic heterocycles. The number of nitrogens with one attached hydrogen (secondary N) is 1. The van der Waals surface area contributed by atoms with Gasteiger partial charge in [-0.15, -0.1) is 0 Å². The van der Waals surface area contributed by atoms with Crippen LogP contribution in [0.4, 0.5) is 11.4 Å². The Balaban J connectivity index is 1.90. The number of thiazole rings is 1. The van der Waals surface area contributed by atoms with Crippen molar-refractivity contribution in [3.8, 4) is 0 Å². The molecule has 1 atom stereocenters. The first-order valence-electron chi connectivity index (χ1n) is 8.54. The average Bonchev–Trinajstić information content (AvgIpc) is 2.87. The second-order valence-electron chi connectivity index (χ2n) is 6.67. The number of fused-ring (bicyclic) bond motifs is 1. The average molecular weight is 420 g/mol. The molecule has 0 saturated heterocycles. The highest BCUT2D eigenvalue weighted by Gasteiger charge is 2.29. The van der Waals surface area contributed by atoms with Gasteiger partial charge in [0.1, 0.15) is 6.04 Å². The smallest absolute Gasteiger partial charge is 0.307 e. The minimum absolute atomic E-state index is 0.0884. The highest BCUT2D eigenvalue weighted by atomic mass is 32.2. The van der Waals surface area contributed by atoms with Crippen molar-refractivity contribution < 1.29 is 13.2 Å². The Labute approximate surface area is 167 Å². The van der Waals surface area contributed by atoms with Crippen LogP contribution in [0.3, 0.4) is 0 Å². The van der Waals surface area contributed by atoms with E-state index in [9.17, 15) is 18.0 Å². The van der Waals surface area contributed by atoms with Gasteiger partial charge in [-0.1, -0.05) is 23.5 Å². The van der Waals surface area contributed by atoms with Gasteiger partial charge in [0.25, 0.3) is 0 Å². The quantitative estimate of drug-likeness (QED) is 0.689. The van der Waals surface area contributed by atoms with Gasteiger partial charge in [0, 0.05) is 12.7 Å². The van der Waals surface area contributed by atoms with E-state index in [4.69, 9.17) is 0 Å². The molecule has 28 heavy (non-hydrogen) atoms. The van der Waals surface area contributed by atoms with Gasteiger partial charge < -0.3 is 9.88 Å². The van der Waals surface area contributed by atoms with Crippen LogP contribution < -0.4 is 14.5 Å². The largest absolute Gasteiger partial charge is 0.324 e. The zero-order valence-electron chi connectivity index (χ0n) is 16.0. The molecule has 1 amide bonds. The SMILES string of the molecule is Cc1cccc(N([C@@H](C)C(=O)Nc2ccc3c(c2)sc(=O)n3C)S(C)(=O)=O)c1. The summed E-state index contributed by atoms with van der Waals surface area (Å²) in [5.41, 5.74) is 2.60. The number of rotatable bonds is 5. The lowest BCUT2D eigenvalue weighted by atomic mass is 10.2. The summed E-state index contributed by atoms with van der Waals surface area (Å²) in [5.74, 6) is -0.463. The Bertz CT molecular complexity index is 1210. The Kier molecular flexibility index (Phi) is 5.31. The highest BCUT2D eigenvalue weighted by molar-refractivity contribution is 7.92. The highest BCUT2D eigenvalue weighted by Crippen LogP contribution is 2.24. The third-order valence-corrected chi connectivity index (χ3v) is 6.64. The molecule has 0 unspecified atom stereocenters. The first-order chi connectivity index (χ1) is 13.1. The number of carbonyl (C=O) groups is 1. The fraction of sp³-hybridized carbons (Fsp3) is 0.263. The zero-order chi connectivity index (χ0) is 20.6. The Morgan fingerprint density at radius 3 is 2.57 bits per heavy atom. The van der Waals surface area contributed by atoms with Crippen LogP contribution in [0.5, 0.6) is 0 Å². The number of sulfonamides is 1. The van der Waals surface area contributed by atoms with Gasteiger partial charge in [-0.3, -0.25) is 13.9 Å². The summed E-state index contributed by atoms with van der Waals surface area (Å²) >= 11 is 1.09. The maximum atomic E-state index is 12.8. The van der Waals surface area contributed by atoms with Crippen molar-refractivity contribution in [1.29, 1.82) is 0 Å². The van der Waals surface area contributed by atoms with Crippen LogP contribution in [0.2, 0.25) is 0 Å². The van der Waals surface area contributed by atoms with E-state index in [1.165, 1.54) is 11.5 Å². The number of aryl methyl sites for hydroxylation is 2. The van der Waals surface area contributed by atoms with Gasteiger partial charge in [-0.2, -0.15) is 0 Å². The van der Waals surface area contributed by atoms with Crippen molar-refractivity contribution in [2.24, 2.45) is 7.05 Å². The van der Waals surface area contributed by atoms with E-state index in [1.54, 1.807) is 43.4 Å². The summed E-state index contributed by atoms with van der Waals surface area (Å²) < 4.78 is 28.1. The lowest BCUT2D eigenvalue weighted by molar-refractivity contribution is -0.116. The number of benzene rings is 2. The topological polar surface area (TPSA) is 88.5 Å². The molecular formula is C19H21N3O4S2. The molecule has 9 heteroatoms. The van der Waals surface area contributed by atoms with Crippen molar-refractivity contribution in [1.82, 2.24) is 4.57 Å². The maximum absolute atomic E-state index is 12.8. The van der Waals surface area contributed by atoms with E-state index in [2.05, 4.69) is 5.32 Å². The predicted molar refractivity (Wildman–Crippen MR) is 114 cm³/mol. The molecule has 0 aliphatic carbocycles. The van der Waals surface area contributed by atoms with Gasteiger partial charge in [0.15, 0.2) is 0 Å². The molecule has 3 rings (SSSR count). The van der Waals surface area contributed by atoms with Crippen molar-refractivity contribution >= 4 is 48.9 Å². The van der Waals surface area contributed by atoms with Crippen LogP contribution in [-0.2, 0) is 21.9 Å². The molecule has 148 valence electrons. The normalized spacial score (nSPS) is 12.7. The van der Waals surface area contributed by atoms with E-state index < -0.39 is 22.0 Å². The van der Waals surface area contributed by atoms with Crippen LogP contribution >= 0.6 is 11.3 Å². The second kappa shape index (κ2) is 7.40. The molecule has 1 heterocycles. The van der Waals surface area contributed by atoms with Gasteiger partial charge in [-0.05, 0) is 49.7 Å². The minimum atomic E-state index is -3.68. The molecule has 0 aliphatic heterocycles. The van der Waals surface area contributed by atoms with Crippen LogP contribution in [0.25, 0.3) is 10.2 Å². The second-order valence-corrected chi connectivity index (χ2v) is 9.53. The van der Waals surface area contributed by atoms with Crippen molar-refractivity contribution in [3.63, 3.8) is 0 Å². The Hall–Kier alpha value is -2.65. The summed E-state index contributed by atoms with van der Waals surface area (Å²) in [5, 5.41) is 2.75. The molecule has 0 bridgehead atoms. The standard InChI is InChI=1S/C19H21N3O4S2/c1-12-6-5-7-15(10-12)22(28(4,25)26)13(2)18(23)20-14-8-9-16-17(11-14)27-19(24)21(16)3/h5-11,13H,1-4H3,(H,20,23)/t13-/m0/s1. The van der Waals surface area contributed by atoms with Gasteiger partial charge in [0.2, 0.25) is 15.9 Å². The van der Waals surface area contributed by atoms with Crippen LogP contribution in [0, 0.1) is 6.92 Å². The number of amides is 1. The monoisotopic (exact) mass is 419 g/mol. The summed E-state index contributed by atoms with van der Waals surface area (Å²) in [6, 6.07) is 11.2. The summed E-state index contributed by atoms with van der Waals surface area (Å²) in [7, 11) is -1.99. The Morgan fingerprint density at radius 2 is 1.93 bits per heavy atom. The van der Waals surface area contributed by atoms with Gasteiger partial charge >= 0.3 is 4.87 Å². The number of aromatic nitrogens is 1. The summed E-state index contributed by atoms with van der Waals surface area (Å²) in [6.45, 7) is 3.40. The van der Waals surface area contributed by atoms with Crippen molar-refractivity contribution in [2.45, 2.75) is 19.9 Å². The van der Waals surface area contributed by atoms with Crippen LogP contribution in [-0.4, -0.2) is 31.2 Å². The van der Waals surface area contributed by atoms with E-state index in [0.29, 0.717) is 11.4 Å². The molecule has 0 aliphatic rings. The molecule has 1 N–H and O–H groups in total. The predicted octanol–water partition coefficient (Wildman–Crippen LogP) is 2.70. The molecule has 0 radical (unpaired) electrons. The first-order valence-corrected chi connectivity index (χ1v) is 11.2. The van der Waals surface area contributed by atoms with Gasteiger partial charge in [0.05, 0.1) is 22.2 Å². The van der Waals surface area contributed by atoms with Crippen LogP contribution in [0.15, 0.2) is 47.3 Å². The molecule has 0 spiro atoms. The molecular weight excluding hydrogens is 398 g/mol. The summed E-state index contributed by atoms with van der Waals surface area (Å²) in [6.07, 6.45) is 1.08. The lowest BCUT2D eigenvalue weighted by Gasteiger charge is -2.28. The molecule has 0 fully saturated rings. The molecule has 2 aromatic carbocycles. The van der Waals surface area contributed by atoms with Gasteiger partial charge in [-0.25, -0.2) is 8.42 Å². The number of carbonyl (C=O) groups excluding carboxylic acids is 1. The molecule has 7 nitrogen and oxygen atoms in total. The number of nitrogens with zero attached hydrogens (tertiary/aromatic N) is 2. The third kappa shape index (κ3) is 3.95. The van der Waals surface area contributed by atoms with E-state index >= 15 is 0 Å². The molecule has 3 aromatic rings. The van der Waals surface area contributed by atoms with Crippen molar-refractivity contribution in [3.05, 3.63) is 57.7 Å². The van der Waals surface area contributed by atoms with Crippen molar-refractivity contribution in [2.75, 3.05) is 15.9 Å². The lowest BCUT2D eigenvalue weighted by Crippen LogP contribution is -2.45. The van der Waals surface area contributed by atoms with Crippen LogP contribution in [0.1, 0.15) is 12.5 Å². The zero-order valence-corrected chi connectivity index (χ0v) is 17.6. The van der Waals surface area contributed by atoms with E-state index in [0.717, 1.165) is 37.7 Å². The first kappa shape index (κ1) is 20.1. The minimum Gasteiger partial charge on any atom is -0.324 e. The fourth-order valence-electron chi connectivity index (χ4n) is 3.03. The maximum Gasteiger partial charge on any atom is 0.307 e. The van der Waals surface area contributed by atoms with E-state index in [1.807, 2.05) is 13.0 Å². The number of hydrogen-bond acceptors (Lipinski definition) is 5. The van der Waals surface area contributed by atoms with E-state index in [-0.39, 0.29) is 4.87 Å². The number of hydrogen-bond donors (Lipinski definition) is 1. The summed E-state index contributed by atoms with van der Waals surface area (Å²) in [4.78, 5) is 24.5. The molecule has 0 saturated carbocycles. The third-order valence-electron chi connectivity index (χ3n) is 4.40.